The van der Waals surface area contributed by atoms with Gasteiger partial charge in [0.2, 0.25) is 0 Å². The summed E-state index contributed by atoms with van der Waals surface area (Å²) in [4.78, 5) is 23.5. The van der Waals surface area contributed by atoms with Gasteiger partial charge in [0.05, 0.1) is 0 Å². The monoisotopic (exact) mass is 362 g/mol. The Balaban J connectivity index is 1.95. The quantitative estimate of drug-likeness (QED) is 0.570. The van der Waals surface area contributed by atoms with Crippen LogP contribution < -0.4 is 0 Å². The maximum absolute atomic E-state index is 11.3. The third kappa shape index (κ3) is 5.30. The Labute approximate surface area is 133 Å². The number of carbonyl (C=O) groups excluding carboxylic acids is 2. The molecule has 4 nitrogen and oxygen atoms in total. The number of rotatable bonds is 4. The predicted octanol–water partition coefficient (Wildman–Crippen LogP) is 3.28. The Morgan fingerprint density at radius 3 is 1.52 bits per heavy atom. The molecule has 0 aromatic heterocycles. The summed E-state index contributed by atoms with van der Waals surface area (Å²) in [6.07, 6.45) is 9.26. The SMILES string of the molecule is CC(=O)OC1CCCCC1[Se]C1CCCCC1OC(C)=O. The maximum atomic E-state index is 11.3. The fourth-order valence-corrected chi connectivity index (χ4v) is 7.11. The van der Waals surface area contributed by atoms with E-state index in [-0.39, 0.29) is 24.1 Å². The molecular formula is C16H26O4Se. The van der Waals surface area contributed by atoms with Gasteiger partial charge >= 0.3 is 133 Å². The Hall–Kier alpha value is -0.541. The zero-order valence-corrected chi connectivity index (χ0v) is 14.7. The predicted molar refractivity (Wildman–Crippen MR) is 81.3 cm³/mol. The summed E-state index contributed by atoms with van der Waals surface area (Å²) >= 11 is 0.376. The van der Waals surface area contributed by atoms with Crippen LogP contribution in [-0.2, 0) is 19.1 Å². The molecule has 2 fully saturated rings. The van der Waals surface area contributed by atoms with Gasteiger partial charge in [0.15, 0.2) is 0 Å². The average molecular weight is 361 g/mol. The summed E-state index contributed by atoms with van der Waals surface area (Å²) in [5.41, 5.74) is 0. The summed E-state index contributed by atoms with van der Waals surface area (Å²) in [6, 6.07) is 0. The fraction of sp³-hybridized carbons (Fsp3) is 0.875. The minimum atomic E-state index is -0.164. The topological polar surface area (TPSA) is 52.6 Å². The first-order valence-corrected chi connectivity index (χ1v) is 10.0. The minimum absolute atomic E-state index is 0.0937. The van der Waals surface area contributed by atoms with Crippen molar-refractivity contribution in [2.45, 2.75) is 87.1 Å². The van der Waals surface area contributed by atoms with Crippen molar-refractivity contribution >= 4 is 26.9 Å². The molecule has 2 aliphatic carbocycles. The van der Waals surface area contributed by atoms with Crippen LogP contribution in [0.3, 0.4) is 0 Å². The summed E-state index contributed by atoms with van der Waals surface area (Å²) in [5.74, 6) is -0.328. The van der Waals surface area contributed by atoms with E-state index in [0.29, 0.717) is 24.6 Å². The third-order valence-electron chi connectivity index (χ3n) is 4.27. The molecule has 2 aliphatic rings. The zero-order valence-electron chi connectivity index (χ0n) is 13.0. The van der Waals surface area contributed by atoms with Crippen LogP contribution in [0.15, 0.2) is 0 Å². The molecule has 0 N–H and O–H groups in total. The van der Waals surface area contributed by atoms with Crippen LogP contribution in [0.25, 0.3) is 0 Å². The molecule has 0 aromatic carbocycles. The molecule has 0 heterocycles. The Morgan fingerprint density at radius 1 is 0.762 bits per heavy atom. The van der Waals surface area contributed by atoms with Crippen LogP contribution in [0, 0.1) is 0 Å². The van der Waals surface area contributed by atoms with Crippen LogP contribution in [-0.4, -0.2) is 39.1 Å². The summed E-state index contributed by atoms with van der Waals surface area (Å²) in [5, 5.41) is 0. The van der Waals surface area contributed by atoms with Crippen molar-refractivity contribution < 1.29 is 19.1 Å². The molecule has 4 atom stereocenters. The molecule has 0 aromatic rings. The van der Waals surface area contributed by atoms with Crippen molar-refractivity contribution in [1.82, 2.24) is 0 Å². The molecule has 5 heteroatoms. The van der Waals surface area contributed by atoms with Crippen molar-refractivity contribution in [2.75, 3.05) is 0 Å². The molecule has 4 unspecified atom stereocenters. The number of hydrogen-bond acceptors (Lipinski definition) is 4. The zero-order chi connectivity index (χ0) is 15.2. The second-order valence-electron chi connectivity index (χ2n) is 6.08. The standard InChI is InChI=1S/C16H26O4Se/c1-11(17)19-13-7-3-5-9-15(13)21-16-10-6-4-8-14(16)20-12(2)18/h13-16H,3-10H2,1-2H3. The molecule has 120 valence electrons. The molecule has 0 amide bonds. The van der Waals surface area contributed by atoms with Crippen LogP contribution in [0.2, 0.25) is 9.63 Å². The Kier molecular flexibility index (Phi) is 6.56. The molecule has 2 rings (SSSR count). The van der Waals surface area contributed by atoms with E-state index in [0.717, 1.165) is 38.5 Å². The van der Waals surface area contributed by atoms with Crippen molar-refractivity contribution in [3.8, 4) is 0 Å². The van der Waals surface area contributed by atoms with Gasteiger partial charge in [-0.05, 0) is 0 Å². The van der Waals surface area contributed by atoms with E-state index in [4.69, 9.17) is 9.47 Å². The number of esters is 2. The molecular weight excluding hydrogens is 335 g/mol. The molecule has 0 bridgehead atoms. The fourth-order valence-electron chi connectivity index (χ4n) is 3.36. The molecule has 0 saturated heterocycles. The summed E-state index contributed by atoms with van der Waals surface area (Å²) in [7, 11) is 0. The van der Waals surface area contributed by atoms with Crippen molar-refractivity contribution in [3.05, 3.63) is 0 Å². The van der Waals surface area contributed by atoms with Gasteiger partial charge in [0, 0.05) is 0 Å². The van der Waals surface area contributed by atoms with Crippen molar-refractivity contribution in [2.24, 2.45) is 0 Å². The van der Waals surface area contributed by atoms with Gasteiger partial charge in [0.25, 0.3) is 0 Å². The van der Waals surface area contributed by atoms with Gasteiger partial charge in [-0.25, -0.2) is 0 Å². The van der Waals surface area contributed by atoms with Crippen LogP contribution in [0.4, 0.5) is 0 Å². The van der Waals surface area contributed by atoms with Gasteiger partial charge in [-0.3, -0.25) is 0 Å². The molecule has 2 saturated carbocycles. The first-order chi connectivity index (χ1) is 10.1. The number of ether oxygens (including phenoxy) is 2. The van der Waals surface area contributed by atoms with Gasteiger partial charge in [-0.2, -0.15) is 0 Å². The Bertz CT molecular complexity index is 337. The number of hydrogen-bond donors (Lipinski definition) is 0. The molecule has 0 radical (unpaired) electrons. The van der Waals surface area contributed by atoms with Gasteiger partial charge in [0.1, 0.15) is 0 Å². The first kappa shape index (κ1) is 16.8. The molecule has 21 heavy (non-hydrogen) atoms. The van der Waals surface area contributed by atoms with E-state index in [1.54, 1.807) is 0 Å². The molecule has 0 aliphatic heterocycles. The van der Waals surface area contributed by atoms with Gasteiger partial charge in [-0.1, -0.05) is 0 Å². The van der Waals surface area contributed by atoms with E-state index in [1.165, 1.54) is 26.7 Å². The summed E-state index contributed by atoms with van der Waals surface area (Å²) < 4.78 is 11.1. The van der Waals surface area contributed by atoms with Crippen LogP contribution in [0.1, 0.15) is 65.2 Å². The summed E-state index contributed by atoms with van der Waals surface area (Å²) in [6.45, 7) is 3.00. The van der Waals surface area contributed by atoms with Gasteiger partial charge in [-0.15, -0.1) is 0 Å². The second kappa shape index (κ2) is 8.19. The normalized spacial score (nSPS) is 33.2. The first-order valence-electron chi connectivity index (χ1n) is 8.06. The van der Waals surface area contributed by atoms with Gasteiger partial charge < -0.3 is 0 Å². The van der Waals surface area contributed by atoms with E-state index in [1.807, 2.05) is 0 Å². The average Bonchev–Trinajstić information content (AvgIpc) is 2.42. The molecule has 0 spiro atoms. The van der Waals surface area contributed by atoms with Crippen molar-refractivity contribution in [3.63, 3.8) is 0 Å². The van der Waals surface area contributed by atoms with E-state index < -0.39 is 0 Å². The third-order valence-corrected chi connectivity index (χ3v) is 8.00. The van der Waals surface area contributed by atoms with E-state index in [2.05, 4.69) is 0 Å². The van der Waals surface area contributed by atoms with E-state index in [9.17, 15) is 9.59 Å². The van der Waals surface area contributed by atoms with E-state index >= 15 is 0 Å². The van der Waals surface area contributed by atoms with Crippen LogP contribution >= 0.6 is 0 Å². The Morgan fingerprint density at radius 2 is 1.14 bits per heavy atom. The van der Waals surface area contributed by atoms with Crippen molar-refractivity contribution in [1.29, 1.82) is 0 Å². The second-order valence-corrected chi connectivity index (χ2v) is 9.19. The van der Waals surface area contributed by atoms with Crippen LogP contribution in [0.5, 0.6) is 0 Å². The number of carbonyl (C=O) groups is 2.